The minimum Gasteiger partial charge on any atom is -0.366 e. The van der Waals surface area contributed by atoms with Crippen molar-refractivity contribution in [2.75, 3.05) is 50.9 Å². The van der Waals surface area contributed by atoms with Crippen LogP contribution in [0.1, 0.15) is 13.8 Å². The summed E-state index contributed by atoms with van der Waals surface area (Å²) in [6, 6.07) is 6.98. The van der Waals surface area contributed by atoms with E-state index in [0.717, 1.165) is 38.7 Å². The average molecular weight is 466 g/mol. The highest BCUT2D eigenvalue weighted by molar-refractivity contribution is 14.0. The molecule has 1 aromatic carbocycles. The summed E-state index contributed by atoms with van der Waals surface area (Å²) in [7, 11) is 1.82. The van der Waals surface area contributed by atoms with Crippen LogP contribution in [0.2, 0.25) is 0 Å². The van der Waals surface area contributed by atoms with E-state index in [9.17, 15) is 4.39 Å². The predicted octanol–water partition coefficient (Wildman–Crippen LogP) is 3.28. The molecule has 1 aromatic rings. The zero-order valence-corrected chi connectivity index (χ0v) is 18.0. The van der Waals surface area contributed by atoms with Crippen molar-refractivity contribution in [1.82, 2.24) is 10.2 Å². The number of benzene rings is 1. The van der Waals surface area contributed by atoms with Crippen molar-refractivity contribution in [3.8, 4) is 0 Å². The normalized spacial score (nSPS) is 16.0. The zero-order valence-electron chi connectivity index (χ0n) is 14.9. The molecule has 1 N–H and O–H groups in total. The summed E-state index contributed by atoms with van der Waals surface area (Å²) >= 11 is 1.84. The van der Waals surface area contributed by atoms with Gasteiger partial charge >= 0.3 is 0 Å². The Bertz CT molecular complexity index is 545. The number of nitrogens with one attached hydrogen (secondary N) is 1. The molecule has 7 heteroatoms. The number of halogens is 2. The average Bonchev–Trinajstić information content (AvgIpc) is 2.56. The number of thioether (sulfide) groups is 1. The molecule has 0 saturated carbocycles. The lowest BCUT2D eigenvalue weighted by atomic mass is 10.2. The van der Waals surface area contributed by atoms with E-state index in [4.69, 9.17) is 0 Å². The first-order valence-corrected chi connectivity index (χ1v) is 9.19. The summed E-state index contributed by atoms with van der Waals surface area (Å²) < 4.78 is 14.1. The fraction of sp³-hybridized carbons (Fsp3) is 0.588. The van der Waals surface area contributed by atoms with Crippen LogP contribution < -0.4 is 10.2 Å². The standard InChI is InChI=1S/C17H27FN4S.HI/c1-17(2,23-4)13-20-16(19-3)22-11-9-21(10-12-22)15-8-6-5-7-14(15)18;/h5-8H,9-13H2,1-4H3,(H,19,20);1H. The Hall–Kier alpha value is -0.700. The van der Waals surface area contributed by atoms with Gasteiger partial charge in [0, 0.05) is 44.5 Å². The number of hydrogen-bond acceptors (Lipinski definition) is 3. The van der Waals surface area contributed by atoms with E-state index >= 15 is 0 Å². The minimum absolute atomic E-state index is 0. The van der Waals surface area contributed by atoms with Crippen LogP contribution in [-0.4, -0.2) is 61.6 Å². The fourth-order valence-electron chi connectivity index (χ4n) is 2.56. The first kappa shape index (κ1) is 21.3. The van der Waals surface area contributed by atoms with E-state index in [1.807, 2.05) is 30.9 Å². The van der Waals surface area contributed by atoms with Crippen molar-refractivity contribution in [3.63, 3.8) is 0 Å². The first-order valence-electron chi connectivity index (χ1n) is 7.97. The van der Waals surface area contributed by atoms with E-state index in [2.05, 4.69) is 40.2 Å². The monoisotopic (exact) mass is 466 g/mol. The van der Waals surface area contributed by atoms with Crippen molar-refractivity contribution in [3.05, 3.63) is 30.1 Å². The highest BCUT2D eigenvalue weighted by Gasteiger charge is 2.23. The number of aliphatic imine (C=N–C) groups is 1. The van der Waals surface area contributed by atoms with Gasteiger partial charge in [-0.15, -0.1) is 24.0 Å². The second-order valence-electron chi connectivity index (χ2n) is 6.29. The number of guanidine groups is 1. The quantitative estimate of drug-likeness (QED) is 0.419. The summed E-state index contributed by atoms with van der Waals surface area (Å²) in [5, 5.41) is 3.46. The summed E-state index contributed by atoms with van der Waals surface area (Å²) in [5.41, 5.74) is 0.693. The van der Waals surface area contributed by atoms with Gasteiger partial charge < -0.3 is 15.1 Å². The van der Waals surface area contributed by atoms with Gasteiger partial charge in [0.2, 0.25) is 0 Å². The maximum absolute atomic E-state index is 13.9. The van der Waals surface area contributed by atoms with E-state index < -0.39 is 0 Å². The highest BCUT2D eigenvalue weighted by atomic mass is 127. The fourth-order valence-corrected chi connectivity index (χ4v) is 2.78. The Morgan fingerprint density at radius 3 is 2.42 bits per heavy atom. The largest absolute Gasteiger partial charge is 0.366 e. The Balaban J connectivity index is 0.00000288. The summed E-state index contributed by atoms with van der Waals surface area (Å²) in [6.45, 7) is 8.58. The van der Waals surface area contributed by atoms with Crippen molar-refractivity contribution < 1.29 is 4.39 Å². The van der Waals surface area contributed by atoms with Crippen molar-refractivity contribution in [2.45, 2.75) is 18.6 Å². The Kier molecular flexibility index (Phi) is 8.62. The van der Waals surface area contributed by atoms with Crippen molar-refractivity contribution >= 4 is 47.4 Å². The third-order valence-corrected chi connectivity index (χ3v) is 5.46. The van der Waals surface area contributed by atoms with Crippen LogP contribution in [0.25, 0.3) is 0 Å². The van der Waals surface area contributed by atoms with Gasteiger partial charge in [-0.25, -0.2) is 4.39 Å². The molecule has 1 saturated heterocycles. The molecule has 0 amide bonds. The van der Waals surface area contributed by atoms with E-state index in [1.165, 1.54) is 6.07 Å². The number of para-hydroxylation sites is 1. The van der Waals surface area contributed by atoms with Crippen molar-refractivity contribution in [1.29, 1.82) is 0 Å². The molecule has 1 heterocycles. The number of piperazine rings is 1. The van der Waals surface area contributed by atoms with E-state index in [1.54, 1.807) is 6.07 Å². The maximum Gasteiger partial charge on any atom is 0.193 e. The number of hydrogen-bond donors (Lipinski definition) is 1. The number of rotatable bonds is 4. The van der Waals surface area contributed by atoms with Gasteiger partial charge in [-0.3, -0.25) is 4.99 Å². The van der Waals surface area contributed by atoms with Gasteiger partial charge in [-0.05, 0) is 32.2 Å². The smallest absolute Gasteiger partial charge is 0.193 e. The molecule has 1 aliphatic rings. The molecule has 0 aliphatic carbocycles. The molecule has 24 heavy (non-hydrogen) atoms. The third kappa shape index (κ3) is 5.68. The molecule has 4 nitrogen and oxygen atoms in total. The van der Waals surface area contributed by atoms with Gasteiger partial charge in [0.1, 0.15) is 5.82 Å². The Morgan fingerprint density at radius 2 is 1.88 bits per heavy atom. The van der Waals surface area contributed by atoms with E-state index in [-0.39, 0.29) is 34.5 Å². The van der Waals surface area contributed by atoms with Crippen LogP contribution >= 0.6 is 35.7 Å². The molecule has 0 atom stereocenters. The Labute approximate surface area is 166 Å². The molecular formula is C17H28FIN4S. The second kappa shape index (κ2) is 9.70. The SMILES string of the molecule is CN=C(NCC(C)(C)SC)N1CCN(c2ccccc2F)CC1.I. The lowest BCUT2D eigenvalue weighted by Crippen LogP contribution is -2.54. The Morgan fingerprint density at radius 1 is 1.25 bits per heavy atom. The zero-order chi connectivity index (χ0) is 16.9. The van der Waals surface area contributed by atoms with Crippen LogP contribution in [0.4, 0.5) is 10.1 Å². The van der Waals surface area contributed by atoms with Gasteiger partial charge in [0.05, 0.1) is 5.69 Å². The van der Waals surface area contributed by atoms with Gasteiger partial charge in [-0.2, -0.15) is 11.8 Å². The molecule has 1 aliphatic heterocycles. The minimum atomic E-state index is -0.148. The molecule has 136 valence electrons. The maximum atomic E-state index is 13.9. The first-order chi connectivity index (χ1) is 11.0. The topological polar surface area (TPSA) is 30.9 Å². The lowest BCUT2D eigenvalue weighted by molar-refractivity contribution is 0.369. The summed E-state index contributed by atoms with van der Waals surface area (Å²) in [6.07, 6.45) is 2.12. The molecular weight excluding hydrogens is 438 g/mol. The molecule has 0 spiro atoms. The van der Waals surface area contributed by atoms with Crippen LogP contribution in [0.5, 0.6) is 0 Å². The van der Waals surface area contributed by atoms with Crippen molar-refractivity contribution in [2.24, 2.45) is 4.99 Å². The molecule has 0 bridgehead atoms. The summed E-state index contributed by atoms with van der Waals surface area (Å²) in [4.78, 5) is 8.74. The van der Waals surface area contributed by atoms with Crippen LogP contribution in [0.15, 0.2) is 29.3 Å². The van der Waals surface area contributed by atoms with Crippen LogP contribution in [0.3, 0.4) is 0 Å². The third-order valence-electron chi connectivity index (χ3n) is 4.21. The molecule has 1 fully saturated rings. The lowest BCUT2D eigenvalue weighted by Gasteiger charge is -2.38. The van der Waals surface area contributed by atoms with Gasteiger partial charge in [-0.1, -0.05) is 12.1 Å². The number of anilines is 1. The van der Waals surface area contributed by atoms with E-state index in [0.29, 0.717) is 5.69 Å². The van der Waals surface area contributed by atoms with Gasteiger partial charge in [0.15, 0.2) is 5.96 Å². The van der Waals surface area contributed by atoms with Gasteiger partial charge in [0.25, 0.3) is 0 Å². The second-order valence-corrected chi connectivity index (χ2v) is 7.80. The molecule has 0 unspecified atom stereocenters. The molecule has 0 aromatic heterocycles. The predicted molar refractivity (Wildman–Crippen MR) is 115 cm³/mol. The summed E-state index contributed by atoms with van der Waals surface area (Å²) in [5.74, 6) is 0.783. The van der Waals surface area contributed by atoms with Crippen LogP contribution in [0, 0.1) is 5.82 Å². The van der Waals surface area contributed by atoms with Crippen LogP contribution in [-0.2, 0) is 0 Å². The molecule has 2 rings (SSSR count). The highest BCUT2D eigenvalue weighted by Crippen LogP contribution is 2.21. The molecule has 0 radical (unpaired) electrons. The number of nitrogens with zero attached hydrogens (tertiary/aromatic N) is 3.